The fourth-order valence-corrected chi connectivity index (χ4v) is 7.52. The molecule has 1 aromatic heterocycles. The lowest BCUT2D eigenvalue weighted by Gasteiger charge is -2.32. The molecule has 2 aliphatic heterocycles. The van der Waals surface area contributed by atoms with Crippen molar-refractivity contribution in [3.05, 3.63) is 16.3 Å². The Balaban J connectivity index is 1.64. The smallest absolute Gasteiger partial charge is 0.265 e. The number of carbonyl (C=O) groups excluding carboxylic acids is 2. The number of nitrogens with zero attached hydrogens (tertiary/aromatic N) is 2. The second-order valence-electron chi connectivity index (χ2n) is 8.24. The molecule has 2 aliphatic rings. The Morgan fingerprint density at radius 1 is 1.10 bits per heavy atom. The molecule has 30 heavy (non-hydrogen) atoms. The number of nitrogens with one attached hydrogen (secondary N) is 1. The highest BCUT2D eigenvalue weighted by Crippen LogP contribution is 2.29. The van der Waals surface area contributed by atoms with Crippen LogP contribution in [0.5, 0.6) is 0 Å². The van der Waals surface area contributed by atoms with Gasteiger partial charge < -0.3 is 10.2 Å². The SMILES string of the molecule is CC(C)C(C)NC(=O)C1CCN(C(=O)c2sccc2S(=O)(=O)N2CCSCC2)CC1. The number of hydrogen-bond donors (Lipinski definition) is 1. The molecule has 0 saturated carbocycles. The number of carbonyl (C=O) groups is 2. The van der Waals surface area contributed by atoms with Crippen LogP contribution >= 0.6 is 23.1 Å². The second-order valence-corrected chi connectivity index (χ2v) is 12.3. The highest BCUT2D eigenvalue weighted by atomic mass is 32.2. The minimum Gasteiger partial charge on any atom is -0.353 e. The standard InChI is InChI=1S/C20H31N3O4S3/c1-14(2)15(3)21-19(24)16-4-7-22(8-5-16)20(25)18-17(6-11-29-18)30(26,27)23-9-12-28-13-10-23/h6,11,14-16H,4-5,7-10,12-13H2,1-3H3,(H,21,24). The molecule has 10 heteroatoms. The maximum Gasteiger partial charge on any atom is 0.265 e. The average Bonchev–Trinajstić information content (AvgIpc) is 3.24. The number of thioether (sulfide) groups is 1. The molecular formula is C20H31N3O4S3. The van der Waals surface area contributed by atoms with Gasteiger partial charge in [0.1, 0.15) is 9.77 Å². The van der Waals surface area contributed by atoms with Gasteiger partial charge in [-0.1, -0.05) is 13.8 Å². The van der Waals surface area contributed by atoms with Gasteiger partial charge in [-0.05, 0) is 37.1 Å². The Kier molecular flexibility index (Phi) is 7.86. The van der Waals surface area contributed by atoms with Crippen molar-refractivity contribution < 1.29 is 18.0 Å². The molecule has 2 amide bonds. The van der Waals surface area contributed by atoms with E-state index in [0.717, 1.165) is 11.5 Å². The molecule has 2 fully saturated rings. The summed E-state index contributed by atoms with van der Waals surface area (Å²) in [5, 5.41) is 4.73. The second kappa shape index (κ2) is 10.0. The lowest BCUT2D eigenvalue weighted by Crippen LogP contribution is -2.46. The van der Waals surface area contributed by atoms with Gasteiger partial charge in [0.15, 0.2) is 0 Å². The van der Waals surface area contributed by atoms with Crippen LogP contribution in [-0.4, -0.2) is 73.2 Å². The van der Waals surface area contributed by atoms with Crippen LogP contribution in [0.1, 0.15) is 43.3 Å². The number of rotatable bonds is 6. The molecule has 1 unspecified atom stereocenters. The Labute approximate surface area is 187 Å². The zero-order valence-corrected chi connectivity index (χ0v) is 20.2. The molecule has 3 rings (SSSR count). The largest absolute Gasteiger partial charge is 0.353 e. The van der Waals surface area contributed by atoms with Gasteiger partial charge in [0, 0.05) is 49.6 Å². The Morgan fingerprint density at radius 3 is 2.33 bits per heavy atom. The summed E-state index contributed by atoms with van der Waals surface area (Å²) in [6.45, 7) is 8.03. The third-order valence-corrected chi connectivity index (χ3v) is 9.85. The summed E-state index contributed by atoms with van der Waals surface area (Å²) in [5.74, 6) is 1.62. The zero-order chi connectivity index (χ0) is 21.9. The number of thiophene rings is 1. The first kappa shape index (κ1) is 23.6. The maximum absolute atomic E-state index is 13.1. The molecule has 2 saturated heterocycles. The van der Waals surface area contributed by atoms with Crippen LogP contribution in [0, 0.1) is 11.8 Å². The summed E-state index contributed by atoms with van der Waals surface area (Å²) < 4.78 is 27.6. The maximum atomic E-state index is 13.1. The van der Waals surface area contributed by atoms with Crippen LogP contribution in [0.4, 0.5) is 0 Å². The number of likely N-dealkylation sites (tertiary alicyclic amines) is 1. The van der Waals surface area contributed by atoms with Crippen molar-refractivity contribution in [1.82, 2.24) is 14.5 Å². The Morgan fingerprint density at radius 2 is 1.73 bits per heavy atom. The summed E-state index contributed by atoms with van der Waals surface area (Å²) in [4.78, 5) is 27.7. The van der Waals surface area contributed by atoms with Crippen LogP contribution in [0.15, 0.2) is 16.3 Å². The third-order valence-electron chi connectivity index (χ3n) is 5.93. The van der Waals surface area contributed by atoms with E-state index in [9.17, 15) is 18.0 Å². The van der Waals surface area contributed by atoms with E-state index >= 15 is 0 Å². The topological polar surface area (TPSA) is 86.8 Å². The third kappa shape index (κ3) is 5.20. The van der Waals surface area contributed by atoms with Gasteiger partial charge in [-0.15, -0.1) is 11.3 Å². The van der Waals surface area contributed by atoms with Crippen LogP contribution in [0.2, 0.25) is 0 Å². The fraction of sp³-hybridized carbons (Fsp3) is 0.700. The minimum atomic E-state index is -3.66. The number of amides is 2. The van der Waals surface area contributed by atoms with E-state index in [1.165, 1.54) is 15.6 Å². The molecule has 0 aromatic carbocycles. The van der Waals surface area contributed by atoms with Gasteiger partial charge >= 0.3 is 0 Å². The molecule has 1 aromatic rings. The predicted molar refractivity (Wildman–Crippen MR) is 121 cm³/mol. The first-order valence-electron chi connectivity index (χ1n) is 10.5. The Hall–Kier alpha value is -1.10. The summed E-state index contributed by atoms with van der Waals surface area (Å²) in [6, 6.07) is 1.66. The van der Waals surface area contributed by atoms with Crippen LogP contribution in [0.25, 0.3) is 0 Å². The zero-order valence-electron chi connectivity index (χ0n) is 17.8. The summed E-state index contributed by atoms with van der Waals surface area (Å²) in [6.07, 6.45) is 1.19. The highest BCUT2D eigenvalue weighted by Gasteiger charge is 2.34. The van der Waals surface area contributed by atoms with Crippen molar-refractivity contribution in [2.24, 2.45) is 11.8 Å². The summed E-state index contributed by atoms with van der Waals surface area (Å²) in [5.41, 5.74) is 0. The normalized spacial score (nSPS) is 20.3. The first-order valence-corrected chi connectivity index (χ1v) is 13.9. The predicted octanol–water partition coefficient (Wildman–Crippen LogP) is 2.50. The van der Waals surface area contributed by atoms with E-state index in [1.807, 2.05) is 6.92 Å². The summed E-state index contributed by atoms with van der Waals surface area (Å²) in [7, 11) is -3.66. The lowest BCUT2D eigenvalue weighted by molar-refractivity contribution is -0.127. The molecule has 1 N–H and O–H groups in total. The van der Waals surface area contributed by atoms with Crippen molar-refractivity contribution in [3.8, 4) is 0 Å². The van der Waals surface area contributed by atoms with Crippen LogP contribution < -0.4 is 5.32 Å². The van der Waals surface area contributed by atoms with Crippen molar-refractivity contribution >= 4 is 44.9 Å². The Bertz CT molecular complexity index is 854. The van der Waals surface area contributed by atoms with E-state index in [4.69, 9.17) is 0 Å². The van der Waals surface area contributed by atoms with Gasteiger partial charge in [-0.3, -0.25) is 9.59 Å². The lowest BCUT2D eigenvalue weighted by atomic mass is 9.94. The minimum absolute atomic E-state index is 0.0469. The van der Waals surface area contributed by atoms with Crippen molar-refractivity contribution in [2.75, 3.05) is 37.7 Å². The van der Waals surface area contributed by atoms with E-state index in [-0.39, 0.29) is 33.5 Å². The van der Waals surface area contributed by atoms with Gasteiger partial charge in [-0.25, -0.2) is 8.42 Å². The monoisotopic (exact) mass is 473 g/mol. The van der Waals surface area contributed by atoms with Gasteiger partial charge in [-0.2, -0.15) is 16.1 Å². The number of hydrogen-bond acceptors (Lipinski definition) is 6. The van der Waals surface area contributed by atoms with Gasteiger partial charge in [0.2, 0.25) is 15.9 Å². The van der Waals surface area contributed by atoms with Crippen molar-refractivity contribution in [1.29, 1.82) is 0 Å². The molecule has 3 heterocycles. The first-order chi connectivity index (χ1) is 14.2. The van der Waals surface area contributed by atoms with Crippen LogP contribution in [-0.2, 0) is 14.8 Å². The molecule has 1 atom stereocenters. The van der Waals surface area contributed by atoms with Gasteiger partial charge in [0.05, 0.1) is 0 Å². The van der Waals surface area contributed by atoms with E-state index < -0.39 is 10.0 Å². The average molecular weight is 474 g/mol. The van der Waals surface area contributed by atoms with Crippen molar-refractivity contribution in [3.63, 3.8) is 0 Å². The highest BCUT2D eigenvalue weighted by molar-refractivity contribution is 7.99. The van der Waals surface area contributed by atoms with Crippen molar-refractivity contribution in [2.45, 2.75) is 44.6 Å². The number of sulfonamides is 1. The molecule has 0 spiro atoms. The molecule has 168 valence electrons. The fourth-order valence-electron chi connectivity index (χ4n) is 3.58. The van der Waals surface area contributed by atoms with E-state index in [0.29, 0.717) is 44.9 Å². The van der Waals surface area contributed by atoms with Crippen LogP contribution in [0.3, 0.4) is 0 Å². The number of piperidine rings is 1. The van der Waals surface area contributed by atoms with Gasteiger partial charge in [0.25, 0.3) is 5.91 Å². The molecule has 0 aliphatic carbocycles. The molecule has 0 bridgehead atoms. The molecular weight excluding hydrogens is 442 g/mol. The summed E-state index contributed by atoms with van der Waals surface area (Å²) >= 11 is 2.92. The molecule has 7 nitrogen and oxygen atoms in total. The van der Waals surface area contributed by atoms with E-state index in [2.05, 4.69) is 19.2 Å². The van der Waals surface area contributed by atoms with E-state index in [1.54, 1.807) is 28.1 Å². The molecule has 0 radical (unpaired) electrons. The quantitative estimate of drug-likeness (QED) is 0.686.